The van der Waals surface area contributed by atoms with Crippen molar-refractivity contribution in [3.05, 3.63) is 76.7 Å². The topological polar surface area (TPSA) is 66.9 Å². The Balaban J connectivity index is 1.84. The average Bonchev–Trinajstić information content (AvgIpc) is 2.59. The lowest BCUT2D eigenvalue weighted by Gasteiger charge is -2.10. The van der Waals surface area contributed by atoms with Gasteiger partial charge in [-0.1, -0.05) is 23.7 Å². The molecule has 0 bridgehead atoms. The number of carbonyl (C=O) groups excluding carboxylic acids is 1. The minimum Gasteiger partial charge on any atom is -0.340 e. The summed E-state index contributed by atoms with van der Waals surface area (Å²) in [6, 6.07) is 11.3. The Kier molecular flexibility index (Phi) is 5.09. The second kappa shape index (κ2) is 7.45. The third kappa shape index (κ3) is 4.12. The maximum absolute atomic E-state index is 13.7. The number of aryl methyl sites for hydroxylation is 1. The normalized spacial score (nSPS) is 10.5. The Morgan fingerprint density at radius 2 is 1.81 bits per heavy atom. The highest BCUT2D eigenvalue weighted by Gasteiger charge is 2.13. The van der Waals surface area contributed by atoms with Crippen LogP contribution in [0.5, 0.6) is 0 Å². The fourth-order valence-corrected chi connectivity index (χ4v) is 2.40. The van der Waals surface area contributed by atoms with Gasteiger partial charge in [0.15, 0.2) is 0 Å². The van der Waals surface area contributed by atoms with E-state index in [2.05, 4.69) is 20.6 Å². The number of aromatic nitrogens is 2. The molecule has 2 N–H and O–H groups in total. The number of nitrogens with zero attached hydrogens (tertiary/aromatic N) is 2. The van der Waals surface area contributed by atoms with Crippen molar-refractivity contribution >= 4 is 34.7 Å². The van der Waals surface area contributed by atoms with Gasteiger partial charge in [0.2, 0.25) is 0 Å². The van der Waals surface area contributed by atoms with Crippen LogP contribution in [0.1, 0.15) is 16.3 Å². The van der Waals surface area contributed by atoms with Gasteiger partial charge in [0.1, 0.15) is 29.0 Å². The summed E-state index contributed by atoms with van der Waals surface area (Å²) in [5.41, 5.74) is 0.597. The van der Waals surface area contributed by atoms with Crippen molar-refractivity contribution in [2.75, 3.05) is 10.6 Å². The lowest BCUT2D eigenvalue weighted by Crippen LogP contribution is -2.16. The number of hydrogen-bond donors (Lipinski definition) is 2. The highest BCUT2D eigenvalue weighted by molar-refractivity contribution is 6.31. The third-order valence-corrected chi connectivity index (χ3v) is 3.67. The molecular weight excluding hydrogens is 362 g/mol. The SMILES string of the molecule is Cc1nc(Nc2ccc(F)c(Cl)c2)cc(C(=O)Nc2ccccc2F)n1. The second-order valence-electron chi connectivity index (χ2n) is 5.37. The van der Waals surface area contributed by atoms with Gasteiger partial charge < -0.3 is 10.6 Å². The zero-order valence-electron chi connectivity index (χ0n) is 13.6. The van der Waals surface area contributed by atoms with Crippen molar-refractivity contribution in [1.29, 1.82) is 0 Å². The first-order valence-corrected chi connectivity index (χ1v) is 7.94. The molecule has 2 aromatic carbocycles. The molecule has 0 radical (unpaired) electrons. The Morgan fingerprint density at radius 1 is 1.04 bits per heavy atom. The maximum atomic E-state index is 13.7. The van der Waals surface area contributed by atoms with Gasteiger partial charge in [-0.15, -0.1) is 0 Å². The molecular formula is C18H13ClF2N4O. The first-order valence-electron chi connectivity index (χ1n) is 7.56. The molecule has 3 aromatic rings. The summed E-state index contributed by atoms with van der Waals surface area (Å²) < 4.78 is 26.9. The molecule has 3 rings (SSSR count). The van der Waals surface area contributed by atoms with Crippen molar-refractivity contribution in [1.82, 2.24) is 9.97 Å². The quantitative estimate of drug-likeness (QED) is 0.694. The number of carbonyl (C=O) groups is 1. The van der Waals surface area contributed by atoms with Crippen molar-refractivity contribution < 1.29 is 13.6 Å². The van der Waals surface area contributed by atoms with Crippen molar-refractivity contribution in [3.8, 4) is 0 Å². The molecule has 0 unspecified atom stereocenters. The summed E-state index contributed by atoms with van der Waals surface area (Å²) in [5, 5.41) is 5.34. The van der Waals surface area contributed by atoms with Crippen LogP contribution in [0.15, 0.2) is 48.5 Å². The van der Waals surface area contributed by atoms with E-state index in [0.717, 1.165) is 0 Å². The second-order valence-corrected chi connectivity index (χ2v) is 5.78. The zero-order chi connectivity index (χ0) is 18.7. The van der Waals surface area contributed by atoms with E-state index < -0.39 is 17.5 Å². The molecule has 8 heteroatoms. The van der Waals surface area contributed by atoms with E-state index >= 15 is 0 Å². The fourth-order valence-electron chi connectivity index (χ4n) is 2.22. The zero-order valence-corrected chi connectivity index (χ0v) is 14.3. The first-order chi connectivity index (χ1) is 12.4. The van der Waals surface area contributed by atoms with Crippen molar-refractivity contribution in [2.45, 2.75) is 6.92 Å². The summed E-state index contributed by atoms with van der Waals surface area (Å²) in [5.74, 6) is -1.02. The number of benzene rings is 2. The molecule has 132 valence electrons. The molecule has 0 aliphatic rings. The molecule has 0 saturated carbocycles. The van der Waals surface area contributed by atoms with Gasteiger partial charge in [-0.3, -0.25) is 4.79 Å². The largest absolute Gasteiger partial charge is 0.340 e. The standard InChI is InChI=1S/C18H13ClF2N4O/c1-10-22-16(18(26)25-15-5-3-2-4-14(15)21)9-17(23-10)24-11-6-7-13(20)12(19)8-11/h2-9H,1H3,(H,25,26)(H,22,23,24). The molecule has 1 amide bonds. The van der Waals surface area contributed by atoms with E-state index in [-0.39, 0.29) is 16.4 Å². The highest BCUT2D eigenvalue weighted by Crippen LogP contribution is 2.22. The average molecular weight is 375 g/mol. The van der Waals surface area contributed by atoms with E-state index in [0.29, 0.717) is 17.3 Å². The van der Waals surface area contributed by atoms with Gasteiger partial charge >= 0.3 is 0 Å². The van der Waals surface area contributed by atoms with Gasteiger partial charge in [-0.25, -0.2) is 18.7 Å². The van der Waals surface area contributed by atoms with Crippen LogP contribution in [0.3, 0.4) is 0 Å². The minimum absolute atomic E-state index is 0.0432. The van der Waals surface area contributed by atoms with E-state index in [9.17, 15) is 13.6 Å². The summed E-state index contributed by atoms with van der Waals surface area (Å²) >= 11 is 5.75. The molecule has 0 atom stereocenters. The molecule has 5 nitrogen and oxygen atoms in total. The van der Waals surface area contributed by atoms with Gasteiger partial charge in [0.05, 0.1) is 10.7 Å². The van der Waals surface area contributed by atoms with E-state index in [1.165, 1.54) is 42.5 Å². The van der Waals surface area contributed by atoms with Gasteiger partial charge in [0.25, 0.3) is 5.91 Å². The fraction of sp³-hybridized carbons (Fsp3) is 0.0556. The molecule has 1 aromatic heterocycles. The summed E-state index contributed by atoms with van der Waals surface area (Å²) in [6.07, 6.45) is 0. The monoisotopic (exact) mass is 374 g/mol. The van der Waals surface area contributed by atoms with Crippen LogP contribution in [0.4, 0.5) is 26.0 Å². The van der Waals surface area contributed by atoms with E-state index in [4.69, 9.17) is 11.6 Å². The molecule has 26 heavy (non-hydrogen) atoms. The maximum Gasteiger partial charge on any atom is 0.274 e. The number of nitrogens with one attached hydrogen (secondary N) is 2. The Bertz CT molecular complexity index is 981. The van der Waals surface area contributed by atoms with Gasteiger partial charge in [0, 0.05) is 11.8 Å². The number of halogens is 3. The smallest absolute Gasteiger partial charge is 0.274 e. The lowest BCUT2D eigenvalue weighted by molar-refractivity contribution is 0.102. The van der Waals surface area contributed by atoms with Crippen LogP contribution in [0.2, 0.25) is 5.02 Å². The van der Waals surface area contributed by atoms with Crippen LogP contribution in [0.25, 0.3) is 0 Å². The van der Waals surface area contributed by atoms with Crippen LogP contribution >= 0.6 is 11.6 Å². The van der Waals surface area contributed by atoms with Crippen LogP contribution in [-0.4, -0.2) is 15.9 Å². The van der Waals surface area contributed by atoms with Crippen LogP contribution < -0.4 is 10.6 Å². The van der Waals surface area contributed by atoms with Crippen molar-refractivity contribution in [3.63, 3.8) is 0 Å². The number of hydrogen-bond acceptors (Lipinski definition) is 4. The molecule has 0 saturated heterocycles. The number of anilines is 3. The lowest BCUT2D eigenvalue weighted by atomic mass is 10.2. The summed E-state index contributed by atoms with van der Waals surface area (Å²) in [4.78, 5) is 20.6. The Hall–Kier alpha value is -3.06. The van der Waals surface area contributed by atoms with E-state index in [1.807, 2.05) is 0 Å². The molecule has 1 heterocycles. The Labute approximate surface area is 153 Å². The summed E-state index contributed by atoms with van der Waals surface area (Å²) in [6.45, 7) is 1.61. The van der Waals surface area contributed by atoms with Crippen molar-refractivity contribution in [2.24, 2.45) is 0 Å². The predicted molar refractivity (Wildman–Crippen MR) is 95.8 cm³/mol. The predicted octanol–water partition coefficient (Wildman–Crippen LogP) is 4.71. The number of para-hydroxylation sites is 1. The minimum atomic E-state index is -0.583. The molecule has 0 fully saturated rings. The molecule has 0 aliphatic carbocycles. The van der Waals surface area contributed by atoms with E-state index in [1.54, 1.807) is 13.0 Å². The van der Waals surface area contributed by atoms with Crippen LogP contribution in [0, 0.1) is 18.6 Å². The number of rotatable bonds is 4. The van der Waals surface area contributed by atoms with Gasteiger partial charge in [-0.05, 0) is 37.3 Å². The Morgan fingerprint density at radius 3 is 2.54 bits per heavy atom. The van der Waals surface area contributed by atoms with Gasteiger partial charge in [-0.2, -0.15) is 0 Å². The first kappa shape index (κ1) is 17.8. The highest BCUT2D eigenvalue weighted by atomic mass is 35.5. The summed E-state index contributed by atoms with van der Waals surface area (Å²) in [7, 11) is 0. The third-order valence-electron chi connectivity index (χ3n) is 3.38. The van der Waals surface area contributed by atoms with Crippen LogP contribution in [-0.2, 0) is 0 Å². The molecule has 0 spiro atoms. The molecule has 0 aliphatic heterocycles. The number of amides is 1.